The van der Waals surface area contributed by atoms with Crippen LogP contribution >= 0.6 is 0 Å². The molecule has 0 spiro atoms. The van der Waals surface area contributed by atoms with Gasteiger partial charge in [-0.25, -0.2) is 4.79 Å². The lowest BCUT2D eigenvalue weighted by molar-refractivity contribution is 0.496. The van der Waals surface area contributed by atoms with Crippen molar-refractivity contribution in [1.82, 2.24) is 23.7 Å². The first-order valence-corrected chi connectivity index (χ1v) is 11.6. The molecule has 5 rings (SSSR count). The fourth-order valence-electron chi connectivity index (χ4n) is 4.82. The van der Waals surface area contributed by atoms with Crippen molar-refractivity contribution in [3.63, 3.8) is 0 Å². The van der Waals surface area contributed by atoms with Crippen molar-refractivity contribution in [2.45, 2.75) is 38.9 Å². The first-order valence-electron chi connectivity index (χ1n) is 11.6. The van der Waals surface area contributed by atoms with E-state index in [1.807, 2.05) is 17.0 Å². The Kier molecular flexibility index (Phi) is 5.78. The predicted molar refractivity (Wildman–Crippen MR) is 136 cm³/mol. The standard InChI is InChI=1S/C25H27N7O3/c1-3-4-12-31-20-21(27-24(31)30-11-7-8-17(26)15-30)28-25(35)32(23(20)34)14-16-13-29(2)22(33)19-10-6-5-9-18(16)19/h5-6,9-10,13,17H,7-8,11-12,14-15,26H2,1-2H3,(H,28,35). The number of piperidine rings is 1. The average Bonchev–Trinajstić information content (AvgIpc) is 3.21. The maximum atomic E-state index is 13.7. The fourth-order valence-corrected chi connectivity index (χ4v) is 4.82. The van der Waals surface area contributed by atoms with Gasteiger partial charge >= 0.3 is 5.69 Å². The maximum Gasteiger partial charge on any atom is 0.330 e. The molecule has 1 aliphatic heterocycles. The molecule has 10 heteroatoms. The zero-order valence-corrected chi connectivity index (χ0v) is 19.7. The number of anilines is 1. The van der Waals surface area contributed by atoms with Gasteiger partial charge in [0, 0.05) is 37.8 Å². The van der Waals surface area contributed by atoms with Crippen molar-refractivity contribution < 1.29 is 0 Å². The number of aromatic amines is 1. The summed E-state index contributed by atoms with van der Waals surface area (Å²) in [7, 11) is 1.66. The summed E-state index contributed by atoms with van der Waals surface area (Å²) in [5.41, 5.74) is 6.24. The Morgan fingerprint density at radius 3 is 2.66 bits per heavy atom. The van der Waals surface area contributed by atoms with Crippen LogP contribution in [0, 0.1) is 11.8 Å². The molecule has 1 saturated heterocycles. The first-order chi connectivity index (χ1) is 16.9. The van der Waals surface area contributed by atoms with Gasteiger partial charge in [-0.15, -0.1) is 5.92 Å². The molecule has 10 nitrogen and oxygen atoms in total. The average molecular weight is 474 g/mol. The fraction of sp³-hybridized carbons (Fsp3) is 0.360. The molecule has 4 heterocycles. The van der Waals surface area contributed by atoms with Crippen LogP contribution < -0.4 is 27.4 Å². The van der Waals surface area contributed by atoms with Crippen LogP contribution in [0.2, 0.25) is 0 Å². The van der Waals surface area contributed by atoms with E-state index in [2.05, 4.69) is 21.8 Å². The zero-order chi connectivity index (χ0) is 24.7. The van der Waals surface area contributed by atoms with Crippen LogP contribution in [0.25, 0.3) is 21.9 Å². The summed E-state index contributed by atoms with van der Waals surface area (Å²) < 4.78 is 4.38. The number of nitrogens with zero attached hydrogens (tertiary/aromatic N) is 5. The van der Waals surface area contributed by atoms with E-state index >= 15 is 0 Å². The lowest BCUT2D eigenvalue weighted by Gasteiger charge is -2.31. The van der Waals surface area contributed by atoms with Crippen molar-refractivity contribution in [2.24, 2.45) is 12.8 Å². The van der Waals surface area contributed by atoms with Crippen LogP contribution in [0.5, 0.6) is 0 Å². The molecule has 1 unspecified atom stereocenters. The molecule has 4 aromatic rings. The predicted octanol–water partition coefficient (Wildman–Crippen LogP) is 0.737. The number of hydrogen-bond donors (Lipinski definition) is 2. The van der Waals surface area contributed by atoms with E-state index in [0.717, 1.165) is 24.0 Å². The molecule has 1 aliphatic rings. The summed E-state index contributed by atoms with van der Waals surface area (Å²) >= 11 is 0. The second kappa shape index (κ2) is 8.92. The highest BCUT2D eigenvalue weighted by Crippen LogP contribution is 2.22. The molecule has 3 N–H and O–H groups in total. The minimum absolute atomic E-state index is 0.00724. The number of nitrogens with two attached hydrogens (primary N) is 1. The van der Waals surface area contributed by atoms with Gasteiger partial charge in [-0.3, -0.25) is 23.7 Å². The van der Waals surface area contributed by atoms with Gasteiger partial charge in [0.25, 0.3) is 11.1 Å². The molecule has 3 aromatic heterocycles. The Morgan fingerprint density at radius 1 is 1.14 bits per heavy atom. The summed E-state index contributed by atoms with van der Waals surface area (Å²) in [5, 5.41) is 1.24. The lowest BCUT2D eigenvalue weighted by Crippen LogP contribution is -2.44. The smallest absolute Gasteiger partial charge is 0.330 e. The molecule has 1 aromatic carbocycles. The number of hydrogen-bond acceptors (Lipinski definition) is 6. The molecular formula is C25H27N7O3. The van der Waals surface area contributed by atoms with Gasteiger partial charge in [0.2, 0.25) is 5.95 Å². The molecule has 1 fully saturated rings. The van der Waals surface area contributed by atoms with E-state index in [9.17, 15) is 14.4 Å². The molecule has 0 saturated carbocycles. The van der Waals surface area contributed by atoms with Gasteiger partial charge in [-0.2, -0.15) is 4.98 Å². The van der Waals surface area contributed by atoms with E-state index in [1.54, 1.807) is 36.9 Å². The van der Waals surface area contributed by atoms with Gasteiger partial charge in [0.15, 0.2) is 11.2 Å². The third-order valence-corrected chi connectivity index (χ3v) is 6.52. The molecule has 0 amide bonds. The number of rotatable bonds is 4. The van der Waals surface area contributed by atoms with Crippen molar-refractivity contribution in [3.8, 4) is 11.8 Å². The molecule has 0 bridgehead atoms. The maximum absolute atomic E-state index is 13.7. The topological polar surface area (TPSA) is 124 Å². The summed E-state index contributed by atoms with van der Waals surface area (Å²) in [4.78, 5) is 48.7. The number of aryl methyl sites for hydroxylation is 1. The van der Waals surface area contributed by atoms with Gasteiger partial charge in [0.1, 0.15) is 0 Å². The normalized spacial score (nSPS) is 16.0. The summed E-state index contributed by atoms with van der Waals surface area (Å²) in [6, 6.07) is 7.20. The number of imidazole rings is 1. The Bertz CT molecular complexity index is 1680. The van der Waals surface area contributed by atoms with Crippen LogP contribution in [-0.2, 0) is 20.1 Å². The van der Waals surface area contributed by atoms with Crippen molar-refractivity contribution in [1.29, 1.82) is 0 Å². The van der Waals surface area contributed by atoms with Gasteiger partial charge in [-0.05, 0) is 36.8 Å². The third kappa shape index (κ3) is 3.94. The Hall–Kier alpha value is -4.10. The third-order valence-electron chi connectivity index (χ3n) is 6.52. The van der Waals surface area contributed by atoms with Gasteiger partial charge in [0.05, 0.1) is 13.1 Å². The molecule has 1 atom stereocenters. The van der Waals surface area contributed by atoms with E-state index in [1.165, 1.54) is 4.57 Å². The van der Waals surface area contributed by atoms with Crippen molar-refractivity contribution in [3.05, 3.63) is 67.2 Å². The van der Waals surface area contributed by atoms with E-state index in [-0.39, 0.29) is 35.9 Å². The highest BCUT2D eigenvalue weighted by atomic mass is 16.2. The van der Waals surface area contributed by atoms with Crippen LogP contribution in [0.1, 0.15) is 25.3 Å². The number of nitrogens with one attached hydrogen (secondary N) is 1. The first kappa shape index (κ1) is 22.7. The van der Waals surface area contributed by atoms with Gasteiger partial charge < -0.3 is 15.2 Å². The second-order valence-electron chi connectivity index (χ2n) is 8.91. The van der Waals surface area contributed by atoms with Gasteiger partial charge in [-0.1, -0.05) is 24.1 Å². The van der Waals surface area contributed by atoms with E-state index in [0.29, 0.717) is 28.8 Å². The largest absolute Gasteiger partial charge is 0.341 e. The van der Waals surface area contributed by atoms with Crippen LogP contribution in [0.15, 0.2) is 44.8 Å². The van der Waals surface area contributed by atoms with Crippen LogP contribution in [0.3, 0.4) is 0 Å². The number of aromatic nitrogens is 5. The van der Waals surface area contributed by atoms with E-state index in [4.69, 9.17) is 5.73 Å². The number of benzene rings is 1. The SMILES string of the molecule is CC#CCn1c(N2CCCC(N)C2)nc2[nH]c(=O)n(Cc3cn(C)c(=O)c4ccccc34)c(=O)c21. The molecular weight excluding hydrogens is 446 g/mol. The molecule has 0 aliphatic carbocycles. The molecule has 0 radical (unpaired) electrons. The minimum Gasteiger partial charge on any atom is -0.341 e. The van der Waals surface area contributed by atoms with Crippen LogP contribution in [0.4, 0.5) is 5.95 Å². The number of pyridine rings is 1. The monoisotopic (exact) mass is 473 g/mol. The Labute approximate surface area is 200 Å². The minimum atomic E-state index is -0.562. The Morgan fingerprint density at radius 2 is 1.91 bits per heavy atom. The molecule has 35 heavy (non-hydrogen) atoms. The number of fused-ring (bicyclic) bond motifs is 2. The number of H-pyrrole nitrogens is 1. The highest BCUT2D eigenvalue weighted by Gasteiger charge is 2.25. The lowest BCUT2D eigenvalue weighted by atomic mass is 10.1. The Balaban J connectivity index is 1.70. The van der Waals surface area contributed by atoms with Crippen molar-refractivity contribution in [2.75, 3.05) is 18.0 Å². The van der Waals surface area contributed by atoms with E-state index < -0.39 is 11.2 Å². The van der Waals surface area contributed by atoms with Crippen molar-refractivity contribution >= 4 is 27.9 Å². The summed E-state index contributed by atoms with van der Waals surface area (Å²) in [6.45, 7) is 3.39. The quantitative estimate of drug-likeness (QED) is 0.421. The molecule has 180 valence electrons. The summed E-state index contributed by atoms with van der Waals surface area (Å²) in [6.07, 6.45) is 3.52. The summed E-state index contributed by atoms with van der Waals surface area (Å²) in [5.74, 6) is 6.47. The zero-order valence-electron chi connectivity index (χ0n) is 19.7. The second-order valence-corrected chi connectivity index (χ2v) is 8.91. The highest BCUT2D eigenvalue weighted by molar-refractivity contribution is 5.84. The van der Waals surface area contributed by atoms with Crippen LogP contribution in [-0.4, -0.2) is 42.8 Å².